The molecular weight excluding hydrogens is 536 g/mol. The zero-order valence-electron chi connectivity index (χ0n) is 25.5. The number of ether oxygens (including phenoxy) is 1. The number of fused-ring (bicyclic) bond motifs is 1. The summed E-state index contributed by atoms with van der Waals surface area (Å²) in [5.41, 5.74) is 7.51. The molecule has 232 valence electrons. The number of hydrogen-bond acceptors (Lipinski definition) is 6. The molecule has 4 amide bonds. The van der Waals surface area contributed by atoms with Crippen LogP contribution in [-0.2, 0) is 36.8 Å². The van der Waals surface area contributed by atoms with E-state index in [0.29, 0.717) is 32.2 Å². The minimum Gasteiger partial charge on any atom is -0.446 e. The van der Waals surface area contributed by atoms with Gasteiger partial charge in [0.1, 0.15) is 18.2 Å². The largest absolute Gasteiger partial charge is 0.446 e. The Morgan fingerprint density at radius 3 is 2.12 bits per heavy atom. The van der Waals surface area contributed by atoms with E-state index in [0.717, 1.165) is 43.2 Å². The average Bonchev–Trinajstić information content (AvgIpc) is 3.64. The zero-order valence-corrected chi connectivity index (χ0v) is 25.5. The van der Waals surface area contributed by atoms with Crippen molar-refractivity contribution in [3.63, 3.8) is 0 Å². The number of carbonyl (C=O) groups is 5. The summed E-state index contributed by atoms with van der Waals surface area (Å²) in [6.45, 7) is 8.10. The number of nitrogens with zero attached hydrogens (tertiary/aromatic N) is 1. The molecule has 1 aliphatic heterocycles. The van der Waals surface area contributed by atoms with Gasteiger partial charge in [-0.3, -0.25) is 19.2 Å². The van der Waals surface area contributed by atoms with Crippen LogP contribution in [0.15, 0.2) is 24.3 Å². The summed E-state index contributed by atoms with van der Waals surface area (Å²) in [5.74, 6) is -2.94. The minimum atomic E-state index is -1.10. The van der Waals surface area contributed by atoms with Crippen LogP contribution in [0, 0.1) is 11.8 Å². The number of nitrogens with two attached hydrogens (primary N) is 1. The lowest BCUT2D eigenvalue weighted by atomic mass is 9.94. The number of benzene rings is 1. The highest BCUT2D eigenvalue weighted by atomic mass is 16.6. The molecular formula is C32H48N4O6. The number of carbonyl (C=O) groups excluding carboxylic acids is 5. The molecule has 1 saturated carbocycles. The summed E-state index contributed by atoms with van der Waals surface area (Å²) in [4.78, 5) is 65.9. The van der Waals surface area contributed by atoms with Gasteiger partial charge in [0.15, 0.2) is 0 Å². The average molecular weight is 585 g/mol. The van der Waals surface area contributed by atoms with Crippen LogP contribution in [0.5, 0.6) is 0 Å². The fourth-order valence-electron chi connectivity index (χ4n) is 6.33. The number of alkyl carbamates (subject to hydrolysis) is 1. The van der Waals surface area contributed by atoms with Gasteiger partial charge in [-0.2, -0.15) is 0 Å². The standard InChI is InChI=1S/C30H42N4O6.C2H6/c1-18(2)15-23(26(35)27(31)36)32-28(37)24-13-8-14-34(24)29(38)25(21-16-19-9-6-7-10-20(19)17-21)33-30(39)40-22-11-4-3-5-12-22;1-2/h6-7,9-10,18,21-25H,3-5,8,11-17H2,1-2H3,(H2,31,36)(H,32,37)(H,33,39);1-2H3. The van der Waals surface area contributed by atoms with Gasteiger partial charge < -0.3 is 26.0 Å². The summed E-state index contributed by atoms with van der Waals surface area (Å²) in [5, 5.41) is 5.56. The van der Waals surface area contributed by atoms with Crippen LogP contribution in [0.4, 0.5) is 4.79 Å². The Hall–Kier alpha value is -3.43. The second-order valence-electron chi connectivity index (χ2n) is 11.8. The van der Waals surface area contributed by atoms with Crippen molar-refractivity contribution >= 4 is 29.6 Å². The number of rotatable bonds is 10. The van der Waals surface area contributed by atoms with Gasteiger partial charge in [-0.15, -0.1) is 0 Å². The van der Waals surface area contributed by atoms with Crippen molar-refractivity contribution in [2.24, 2.45) is 17.6 Å². The first-order chi connectivity index (χ1) is 20.1. The van der Waals surface area contributed by atoms with E-state index >= 15 is 0 Å². The van der Waals surface area contributed by atoms with Gasteiger partial charge in [0, 0.05) is 6.54 Å². The summed E-state index contributed by atoms with van der Waals surface area (Å²) in [7, 11) is 0. The third-order valence-electron chi connectivity index (χ3n) is 8.34. The molecule has 10 nitrogen and oxygen atoms in total. The maximum atomic E-state index is 14.1. The number of nitrogens with one attached hydrogen (secondary N) is 2. The van der Waals surface area contributed by atoms with Crippen LogP contribution >= 0.6 is 0 Å². The molecule has 1 aromatic rings. The monoisotopic (exact) mass is 584 g/mol. The van der Waals surface area contributed by atoms with E-state index in [2.05, 4.69) is 10.6 Å². The van der Waals surface area contributed by atoms with E-state index in [1.807, 2.05) is 52.0 Å². The minimum absolute atomic E-state index is 0.0302. The summed E-state index contributed by atoms with van der Waals surface area (Å²) < 4.78 is 5.70. The number of Topliss-reactive ketones (excluding diaryl/α,β-unsaturated/α-hetero) is 1. The van der Waals surface area contributed by atoms with Crippen LogP contribution in [-0.4, -0.2) is 65.3 Å². The Kier molecular flexibility index (Phi) is 12.4. The molecule has 3 atom stereocenters. The van der Waals surface area contributed by atoms with Gasteiger partial charge in [0.2, 0.25) is 17.6 Å². The third kappa shape index (κ3) is 8.55. The molecule has 1 heterocycles. The maximum absolute atomic E-state index is 14.1. The lowest BCUT2D eigenvalue weighted by molar-refractivity contribution is -0.143. The number of hydrogen-bond donors (Lipinski definition) is 3. The Balaban J connectivity index is 0.00000237. The van der Waals surface area contributed by atoms with Crippen LogP contribution < -0.4 is 16.4 Å². The second-order valence-corrected chi connectivity index (χ2v) is 11.8. The van der Waals surface area contributed by atoms with Gasteiger partial charge in [-0.1, -0.05) is 58.4 Å². The number of likely N-dealkylation sites (tertiary alicyclic amines) is 1. The first-order valence-corrected chi connectivity index (χ1v) is 15.6. The molecule has 1 aromatic carbocycles. The van der Waals surface area contributed by atoms with Crippen molar-refractivity contribution in [1.29, 1.82) is 0 Å². The number of amides is 4. The highest BCUT2D eigenvalue weighted by Crippen LogP contribution is 2.31. The van der Waals surface area contributed by atoms with Crippen molar-refractivity contribution in [3.05, 3.63) is 35.4 Å². The van der Waals surface area contributed by atoms with Gasteiger partial charge >= 0.3 is 6.09 Å². The Labute approximate surface area is 249 Å². The maximum Gasteiger partial charge on any atom is 0.408 e. The Bertz CT molecular complexity index is 1090. The van der Waals surface area contributed by atoms with E-state index in [-0.39, 0.29) is 30.3 Å². The van der Waals surface area contributed by atoms with E-state index in [1.54, 1.807) is 0 Å². The van der Waals surface area contributed by atoms with Crippen molar-refractivity contribution in [2.75, 3.05) is 6.54 Å². The molecule has 4 rings (SSSR count). The van der Waals surface area contributed by atoms with Crippen molar-refractivity contribution < 1.29 is 28.7 Å². The van der Waals surface area contributed by atoms with E-state index in [4.69, 9.17) is 10.5 Å². The topological polar surface area (TPSA) is 148 Å². The zero-order chi connectivity index (χ0) is 30.8. The highest BCUT2D eigenvalue weighted by Gasteiger charge is 2.43. The lowest BCUT2D eigenvalue weighted by Gasteiger charge is -2.32. The normalized spacial score (nSPS) is 20.1. The van der Waals surface area contributed by atoms with Gasteiger partial charge in [0.05, 0.1) is 6.04 Å². The molecule has 1 saturated heterocycles. The molecule has 42 heavy (non-hydrogen) atoms. The summed E-state index contributed by atoms with van der Waals surface area (Å²) in [6.07, 6.45) is 6.56. The molecule has 0 radical (unpaired) electrons. The molecule has 2 aliphatic carbocycles. The van der Waals surface area contributed by atoms with E-state index < -0.39 is 41.8 Å². The van der Waals surface area contributed by atoms with Crippen molar-refractivity contribution in [3.8, 4) is 0 Å². The van der Waals surface area contributed by atoms with Crippen LogP contribution in [0.1, 0.15) is 90.2 Å². The van der Waals surface area contributed by atoms with Gasteiger partial charge in [0.25, 0.3) is 5.91 Å². The first kappa shape index (κ1) is 33.1. The molecule has 3 aliphatic rings. The predicted molar refractivity (Wildman–Crippen MR) is 159 cm³/mol. The Morgan fingerprint density at radius 1 is 0.929 bits per heavy atom. The molecule has 0 bridgehead atoms. The van der Waals surface area contributed by atoms with Gasteiger partial charge in [-0.05, 0) is 80.8 Å². The molecule has 3 unspecified atom stereocenters. The SMILES string of the molecule is CC.CC(C)CC(NC(=O)C1CCCN1C(=O)C(NC(=O)OC1CCCCC1)C1Cc2ccccc2C1)C(=O)C(N)=O. The van der Waals surface area contributed by atoms with Crippen LogP contribution in [0.3, 0.4) is 0 Å². The summed E-state index contributed by atoms with van der Waals surface area (Å²) >= 11 is 0. The molecule has 10 heteroatoms. The van der Waals surface area contributed by atoms with Gasteiger partial charge in [-0.25, -0.2) is 4.79 Å². The van der Waals surface area contributed by atoms with E-state index in [9.17, 15) is 24.0 Å². The molecule has 0 spiro atoms. The lowest BCUT2D eigenvalue weighted by Crippen LogP contribution is -2.58. The summed E-state index contributed by atoms with van der Waals surface area (Å²) in [6, 6.07) is 5.27. The fourth-order valence-corrected chi connectivity index (χ4v) is 6.33. The van der Waals surface area contributed by atoms with Crippen molar-refractivity contribution in [1.82, 2.24) is 15.5 Å². The fraction of sp³-hybridized carbons (Fsp3) is 0.656. The molecule has 4 N–H and O–H groups in total. The number of ketones is 1. The quantitative estimate of drug-likeness (QED) is 0.359. The van der Waals surface area contributed by atoms with Crippen LogP contribution in [0.25, 0.3) is 0 Å². The van der Waals surface area contributed by atoms with E-state index in [1.165, 1.54) is 4.90 Å². The smallest absolute Gasteiger partial charge is 0.408 e. The number of primary amides is 1. The second kappa shape index (κ2) is 15.7. The molecule has 2 fully saturated rings. The van der Waals surface area contributed by atoms with Crippen LogP contribution in [0.2, 0.25) is 0 Å². The predicted octanol–water partition coefficient (Wildman–Crippen LogP) is 3.43. The highest BCUT2D eigenvalue weighted by molar-refractivity contribution is 6.37. The molecule has 0 aromatic heterocycles. The Morgan fingerprint density at radius 2 is 1.55 bits per heavy atom. The third-order valence-corrected chi connectivity index (χ3v) is 8.34. The van der Waals surface area contributed by atoms with Crippen molar-refractivity contribution in [2.45, 2.75) is 116 Å². The first-order valence-electron chi connectivity index (χ1n) is 15.6.